The molecule has 4 amide bonds. The molecular weight excluding hydrogens is 464 g/mol. The molecule has 8 heteroatoms. The Labute approximate surface area is 188 Å². The summed E-state index contributed by atoms with van der Waals surface area (Å²) in [6.07, 6.45) is 7.46. The molecule has 0 aromatic heterocycles. The maximum Gasteiger partial charge on any atom is 0.335 e. The first kappa shape index (κ1) is 22.1. The smallest absolute Gasteiger partial charge is 0.335 e. The lowest BCUT2D eigenvalue weighted by atomic mass is 10.1. The van der Waals surface area contributed by atoms with Gasteiger partial charge in [-0.05, 0) is 70.4 Å². The first-order valence-electron chi connectivity index (χ1n) is 9.44. The number of benzene rings is 2. The summed E-state index contributed by atoms with van der Waals surface area (Å²) in [5, 5.41) is 2.20. The molecule has 0 bridgehead atoms. The van der Waals surface area contributed by atoms with Gasteiger partial charge < -0.3 is 9.47 Å². The van der Waals surface area contributed by atoms with E-state index >= 15 is 0 Å². The van der Waals surface area contributed by atoms with Gasteiger partial charge in [0.2, 0.25) is 0 Å². The fourth-order valence-corrected chi connectivity index (χ4v) is 3.32. The number of hydrogen-bond acceptors (Lipinski definition) is 5. The van der Waals surface area contributed by atoms with Crippen LogP contribution in [0.3, 0.4) is 0 Å². The minimum absolute atomic E-state index is 0.110. The van der Waals surface area contributed by atoms with E-state index in [1.807, 2.05) is 6.92 Å². The molecule has 31 heavy (non-hydrogen) atoms. The standard InChI is InChI=1S/C23H19BrN2O5/c1-3-11-30-17-8-6-16(7-9-17)26-22(28)18(21(27)25-23(26)29)13-15-5-10-20(19(24)14-15)31-12-4-2/h2,5-10,13-14H,3,11-12H2,1H3,(H,25,27,29)/b18-13-. The van der Waals surface area contributed by atoms with Crippen LogP contribution in [0.5, 0.6) is 11.5 Å². The highest BCUT2D eigenvalue weighted by molar-refractivity contribution is 9.10. The monoisotopic (exact) mass is 482 g/mol. The zero-order valence-corrected chi connectivity index (χ0v) is 18.3. The molecule has 0 atom stereocenters. The second-order valence-electron chi connectivity index (χ2n) is 6.48. The van der Waals surface area contributed by atoms with Crippen molar-refractivity contribution in [3.8, 4) is 23.8 Å². The van der Waals surface area contributed by atoms with Gasteiger partial charge in [0.05, 0.1) is 16.8 Å². The van der Waals surface area contributed by atoms with Gasteiger partial charge in [0.15, 0.2) is 0 Å². The fraction of sp³-hybridized carbons (Fsp3) is 0.174. The third-order valence-corrected chi connectivity index (χ3v) is 4.87. The number of rotatable bonds is 7. The minimum Gasteiger partial charge on any atom is -0.494 e. The number of imide groups is 2. The molecule has 0 aliphatic carbocycles. The summed E-state index contributed by atoms with van der Waals surface area (Å²) in [7, 11) is 0. The van der Waals surface area contributed by atoms with Gasteiger partial charge in [0, 0.05) is 0 Å². The van der Waals surface area contributed by atoms with Crippen molar-refractivity contribution in [2.24, 2.45) is 0 Å². The largest absolute Gasteiger partial charge is 0.494 e. The van der Waals surface area contributed by atoms with Gasteiger partial charge in [0.1, 0.15) is 23.7 Å². The Morgan fingerprint density at radius 1 is 1.13 bits per heavy atom. The number of barbiturate groups is 1. The Morgan fingerprint density at radius 3 is 2.52 bits per heavy atom. The van der Waals surface area contributed by atoms with Gasteiger partial charge >= 0.3 is 6.03 Å². The zero-order valence-electron chi connectivity index (χ0n) is 16.7. The summed E-state index contributed by atoms with van der Waals surface area (Å²) in [6, 6.07) is 10.7. The number of carbonyl (C=O) groups excluding carboxylic acids is 3. The van der Waals surface area contributed by atoms with Crippen LogP contribution in [0.2, 0.25) is 0 Å². The lowest BCUT2D eigenvalue weighted by Gasteiger charge is -2.26. The van der Waals surface area contributed by atoms with Crippen molar-refractivity contribution in [1.29, 1.82) is 0 Å². The Hall–Kier alpha value is -3.57. The number of terminal acetylenes is 1. The molecule has 1 heterocycles. The first-order chi connectivity index (χ1) is 14.9. The summed E-state index contributed by atoms with van der Waals surface area (Å²) in [6.45, 7) is 2.66. The molecule has 1 aliphatic heterocycles. The number of nitrogens with zero attached hydrogens (tertiary/aromatic N) is 1. The quantitative estimate of drug-likeness (QED) is 0.367. The summed E-state index contributed by atoms with van der Waals surface area (Å²) < 4.78 is 11.5. The summed E-state index contributed by atoms with van der Waals surface area (Å²) in [4.78, 5) is 38.6. The highest BCUT2D eigenvalue weighted by atomic mass is 79.9. The third kappa shape index (κ3) is 5.13. The maximum absolute atomic E-state index is 13.0. The van der Waals surface area contributed by atoms with Crippen molar-refractivity contribution < 1.29 is 23.9 Å². The lowest BCUT2D eigenvalue weighted by Crippen LogP contribution is -2.54. The van der Waals surface area contributed by atoms with Crippen LogP contribution in [0.4, 0.5) is 10.5 Å². The van der Waals surface area contributed by atoms with E-state index < -0.39 is 17.8 Å². The molecule has 2 aromatic carbocycles. The number of halogens is 1. The lowest BCUT2D eigenvalue weighted by molar-refractivity contribution is -0.122. The maximum atomic E-state index is 13.0. The van der Waals surface area contributed by atoms with E-state index in [-0.39, 0.29) is 12.2 Å². The molecule has 0 radical (unpaired) electrons. The Morgan fingerprint density at radius 2 is 1.87 bits per heavy atom. The molecule has 7 nitrogen and oxygen atoms in total. The second-order valence-corrected chi connectivity index (χ2v) is 7.34. The Balaban J connectivity index is 1.87. The normalized spacial score (nSPS) is 14.9. The molecular formula is C23H19BrN2O5. The molecule has 2 aromatic rings. The van der Waals surface area contributed by atoms with E-state index in [0.717, 1.165) is 11.3 Å². The zero-order chi connectivity index (χ0) is 22.4. The van der Waals surface area contributed by atoms with Gasteiger partial charge in [-0.25, -0.2) is 9.69 Å². The van der Waals surface area contributed by atoms with Crippen molar-refractivity contribution in [3.05, 3.63) is 58.1 Å². The summed E-state index contributed by atoms with van der Waals surface area (Å²) >= 11 is 3.37. The van der Waals surface area contributed by atoms with Crippen molar-refractivity contribution in [2.45, 2.75) is 13.3 Å². The van der Waals surface area contributed by atoms with Crippen LogP contribution in [0.1, 0.15) is 18.9 Å². The number of amides is 4. The Bertz CT molecular complexity index is 1090. The topological polar surface area (TPSA) is 84.9 Å². The van der Waals surface area contributed by atoms with E-state index in [4.69, 9.17) is 15.9 Å². The molecule has 0 unspecified atom stereocenters. The van der Waals surface area contributed by atoms with Crippen LogP contribution in [-0.2, 0) is 9.59 Å². The van der Waals surface area contributed by atoms with E-state index in [0.29, 0.717) is 33.8 Å². The van der Waals surface area contributed by atoms with Crippen LogP contribution in [0, 0.1) is 12.3 Å². The average Bonchev–Trinajstić information content (AvgIpc) is 2.75. The number of nitrogens with one attached hydrogen (secondary N) is 1. The highest BCUT2D eigenvalue weighted by Gasteiger charge is 2.36. The van der Waals surface area contributed by atoms with Crippen molar-refractivity contribution in [2.75, 3.05) is 18.1 Å². The van der Waals surface area contributed by atoms with Crippen LogP contribution in [-0.4, -0.2) is 31.1 Å². The summed E-state index contributed by atoms with van der Waals surface area (Å²) in [5.41, 5.74) is 0.718. The number of urea groups is 1. The van der Waals surface area contributed by atoms with E-state index in [1.54, 1.807) is 42.5 Å². The number of carbonyl (C=O) groups is 3. The van der Waals surface area contributed by atoms with Gasteiger partial charge in [0.25, 0.3) is 11.8 Å². The number of hydrogen-bond donors (Lipinski definition) is 1. The van der Waals surface area contributed by atoms with Gasteiger partial charge in [-0.2, -0.15) is 0 Å². The van der Waals surface area contributed by atoms with Crippen LogP contribution < -0.4 is 19.7 Å². The third-order valence-electron chi connectivity index (χ3n) is 4.25. The predicted molar refractivity (Wildman–Crippen MR) is 120 cm³/mol. The SMILES string of the molecule is C#CCOc1ccc(/C=C2/C(=O)NC(=O)N(c3ccc(OCCC)cc3)C2=O)cc1Br. The van der Waals surface area contributed by atoms with Crippen molar-refractivity contribution in [3.63, 3.8) is 0 Å². The number of ether oxygens (including phenoxy) is 2. The van der Waals surface area contributed by atoms with Gasteiger partial charge in [-0.1, -0.05) is 18.9 Å². The molecule has 1 N–H and O–H groups in total. The van der Waals surface area contributed by atoms with Crippen molar-refractivity contribution in [1.82, 2.24) is 5.32 Å². The molecule has 1 fully saturated rings. The van der Waals surface area contributed by atoms with E-state index in [2.05, 4.69) is 27.2 Å². The van der Waals surface area contributed by atoms with Gasteiger partial charge in [-0.15, -0.1) is 6.42 Å². The molecule has 1 saturated heterocycles. The van der Waals surface area contributed by atoms with Gasteiger partial charge in [-0.3, -0.25) is 14.9 Å². The van der Waals surface area contributed by atoms with Crippen LogP contribution in [0.25, 0.3) is 6.08 Å². The molecule has 3 rings (SSSR count). The number of anilines is 1. The molecule has 158 valence electrons. The van der Waals surface area contributed by atoms with Crippen molar-refractivity contribution >= 4 is 45.5 Å². The molecule has 1 aliphatic rings. The average molecular weight is 483 g/mol. The summed E-state index contributed by atoms with van der Waals surface area (Å²) in [5.74, 6) is 2.04. The van der Waals surface area contributed by atoms with Crippen LogP contribution >= 0.6 is 15.9 Å². The second kappa shape index (κ2) is 9.96. The van der Waals surface area contributed by atoms with E-state index in [9.17, 15) is 14.4 Å². The first-order valence-corrected chi connectivity index (χ1v) is 10.2. The van der Waals surface area contributed by atoms with E-state index in [1.165, 1.54) is 6.08 Å². The predicted octanol–water partition coefficient (Wildman–Crippen LogP) is 3.92. The molecule has 0 spiro atoms. The highest BCUT2D eigenvalue weighted by Crippen LogP contribution is 2.28. The fourth-order valence-electron chi connectivity index (χ4n) is 2.81. The minimum atomic E-state index is -0.811. The Kier molecular flexibility index (Phi) is 7.11. The molecule has 0 saturated carbocycles. The van der Waals surface area contributed by atoms with Crippen LogP contribution in [0.15, 0.2) is 52.5 Å².